The van der Waals surface area contributed by atoms with Gasteiger partial charge in [0.1, 0.15) is 29.9 Å². The van der Waals surface area contributed by atoms with Gasteiger partial charge in [-0.05, 0) is 83.7 Å². The summed E-state index contributed by atoms with van der Waals surface area (Å²) >= 11 is 0. The van der Waals surface area contributed by atoms with Gasteiger partial charge < -0.3 is 25.6 Å². The Morgan fingerprint density at radius 2 is 1.44 bits per heavy atom. The first kappa shape index (κ1) is 30.4. The highest BCUT2D eigenvalue weighted by molar-refractivity contribution is 5.89. The largest absolute Gasteiger partial charge is 0.444 e. The minimum absolute atomic E-state index is 0.109. The monoisotopic (exact) mass is 584 g/mol. The van der Waals surface area contributed by atoms with Crippen molar-refractivity contribution in [3.05, 3.63) is 61.2 Å². The highest BCUT2D eigenvalue weighted by atomic mass is 16.6. The number of piperidine rings is 2. The van der Waals surface area contributed by atoms with Gasteiger partial charge in [0.25, 0.3) is 0 Å². The Kier molecular flexibility index (Phi) is 10.2. The Morgan fingerprint density at radius 1 is 0.837 bits per heavy atom. The van der Waals surface area contributed by atoms with Gasteiger partial charge in [-0.2, -0.15) is 0 Å². The summed E-state index contributed by atoms with van der Waals surface area (Å²) in [6, 6.07) is 16.7. The van der Waals surface area contributed by atoms with E-state index in [1.54, 1.807) is 12.7 Å². The highest BCUT2D eigenvalue weighted by Crippen LogP contribution is 2.23. The van der Waals surface area contributed by atoms with Crippen LogP contribution in [0.5, 0.6) is 0 Å². The number of amides is 1. The number of para-hydroxylation sites is 2. The van der Waals surface area contributed by atoms with Gasteiger partial charge in [0.15, 0.2) is 0 Å². The molecule has 2 atom stereocenters. The van der Waals surface area contributed by atoms with E-state index in [1.165, 1.54) is 19.3 Å². The molecule has 6 rings (SSSR count). The van der Waals surface area contributed by atoms with E-state index in [0.717, 1.165) is 72.3 Å². The molecule has 2 aliphatic rings. The van der Waals surface area contributed by atoms with E-state index in [4.69, 9.17) is 4.74 Å². The number of hydrogen-bond donors (Lipinski definition) is 3. The van der Waals surface area contributed by atoms with E-state index in [0.29, 0.717) is 12.6 Å². The van der Waals surface area contributed by atoms with Crippen LogP contribution in [0, 0.1) is 0 Å². The van der Waals surface area contributed by atoms with Crippen LogP contribution < -0.4 is 16.0 Å². The molecule has 43 heavy (non-hydrogen) atoms. The molecular weight excluding hydrogens is 540 g/mol. The number of nitrogens with one attached hydrogen (secondary N) is 3. The maximum Gasteiger partial charge on any atom is 0.410 e. The lowest BCUT2D eigenvalue weighted by atomic mass is 10.0. The summed E-state index contributed by atoms with van der Waals surface area (Å²) < 4.78 is 5.56. The molecular formula is C33H44N8O2. The molecule has 2 fully saturated rings. The van der Waals surface area contributed by atoms with Crippen LogP contribution in [-0.4, -0.2) is 74.8 Å². The second kappa shape index (κ2) is 14.4. The maximum absolute atomic E-state index is 12.5. The van der Waals surface area contributed by atoms with Gasteiger partial charge in [0, 0.05) is 36.4 Å². The van der Waals surface area contributed by atoms with Crippen molar-refractivity contribution in [2.24, 2.45) is 0 Å². The summed E-state index contributed by atoms with van der Waals surface area (Å²) in [5, 5.41) is 12.5. The molecule has 1 amide bonds. The molecule has 0 unspecified atom stereocenters. The second-order valence-electron chi connectivity index (χ2n) is 12.2. The molecule has 4 aromatic rings. The van der Waals surface area contributed by atoms with Crippen LogP contribution in [0.3, 0.4) is 0 Å². The number of carbonyl (C=O) groups is 1. The van der Waals surface area contributed by atoms with Gasteiger partial charge >= 0.3 is 6.09 Å². The molecule has 10 nitrogen and oxygen atoms in total. The van der Waals surface area contributed by atoms with E-state index in [-0.39, 0.29) is 12.1 Å². The van der Waals surface area contributed by atoms with Crippen molar-refractivity contribution in [3.8, 4) is 0 Å². The zero-order chi connectivity index (χ0) is 30.1. The van der Waals surface area contributed by atoms with Gasteiger partial charge in [0.05, 0.1) is 17.1 Å². The average molecular weight is 585 g/mol. The molecule has 2 aromatic heterocycles. The summed E-state index contributed by atoms with van der Waals surface area (Å²) in [6.07, 6.45) is 9.94. The molecule has 0 bridgehead atoms. The lowest BCUT2D eigenvalue weighted by Gasteiger charge is -2.37. The molecule has 0 spiro atoms. The molecule has 0 radical (unpaired) electrons. The number of nitrogens with zero attached hydrogens (tertiary/aromatic N) is 5. The second-order valence-corrected chi connectivity index (χ2v) is 12.2. The quantitative estimate of drug-likeness (QED) is 0.250. The van der Waals surface area contributed by atoms with E-state index in [1.807, 2.05) is 68.1 Å². The summed E-state index contributed by atoms with van der Waals surface area (Å²) in [5.41, 5.74) is 1.43. The fraction of sp³-hybridized carbons (Fsp3) is 0.485. The van der Waals surface area contributed by atoms with E-state index in [9.17, 15) is 4.79 Å². The Bertz CT molecular complexity index is 1470. The number of carbonyl (C=O) groups excluding carboxylic acids is 1. The van der Waals surface area contributed by atoms with Crippen molar-refractivity contribution in [1.82, 2.24) is 30.2 Å². The Hall–Kier alpha value is -4.05. The van der Waals surface area contributed by atoms with Gasteiger partial charge in [0.2, 0.25) is 0 Å². The van der Waals surface area contributed by atoms with Gasteiger partial charge in [-0.3, -0.25) is 0 Å². The number of rotatable bonds is 6. The molecule has 2 aromatic carbocycles. The SMILES string of the molecule is CC(C)(C)OC(=O)N1CCCC[C@H]1CNc1ncnc2ccccc12.c1ccc2c(NC[C@@H]3CCCCN3)ncnc2c1. The number of anilines is 2. The zero-order valence-corrected chi connectivity index (χ0v) is 25.6. The molecule has 10 heteroatoms. The topological polar surface area (TPSA) is 117 Å². The predicted molar refractivity (Wildman–Crippen MR) is 172 cm³/mol. The van der Waals surface area contributed by atoms with Crippen LogP contribution in [0.15, 0.2) is 61.2 Å². The molecule has 3 N–H and O–H groups in total. The number of benzene rings is 2. The third-order valence-electron chi connectivity index (χ3n) is 7.77. The smallest absolute Gasteiger partial charge is 0.410 e. The lowest BCUT2D eigenvalue weighted by molar-refractivity contribution is 0.0114. The van der Waals surface area contributed by atoms with Crippen molar-refractivity contribution >= 4 is 39.5 Å². The first-order valence-corrected chi connectivity index (χ1v) is 15.5. The van der Waals surface area contributed by atoms with Crippen LogP contribution in [0.4, 0.5) is 16.4 Å². The van der Waals surface area contributed by atoms with Crippen molar-refractivity contribution in [2.75, 3.05) is 36.8 Å². The number of hydrogen-bond acceptors (Lipinski definition) is 9. The third-order valence-corrected chi connectivity index (χ3v) is 7.77. The predicted octanol–water partition coefficient (Wildman–Crippen LogP) is 6.02. The van der Waals surface area contributed by atoms with E-state index in [2.05, 4.69) is 42.0 Å². The van der Waals surface area contributed by atoms with Crippen molar-refractivity contribution in [3.63, 3.8) is 0 Å². The minimum atomic E-state index is -0.477. The molecule has 228 valence electrons. The zero-order valence-electron chi connectivity index (χ0n) is 25.6. The minimum Gasteiger partial charge on any atom is -0.444 e. The summed E-state index contributed by atoms with van der Waals surface area (Å²) in [7, 11) is 0. The van der Waals surface area contributed by atoms with Gasteiger partial charge in [-0.1, -0.05) is 30.7 Å². The average Bonchev–Trinajstić information content (AvgIpc) is 3.03. The van der Waals surface area contributed by atoms with E-state index >= 15 is 0 Å². The summed E-state index contributed by atoms with van der Waals surface area (Å²) in [6.45, 7) is 9.16. The first-order chi connectivity index (χ1) is 20.9. The van der Waals surface area contributed by atoms with E-state index < -0.39 is 5.60 Å². The summed E-state index contributed by atoms with van der Waals surface area (Å²) in [4.78, 5) is 31.6. The van der Waals surface area contributed by atoms with Crippen LogP contribution in [0.2, 0.25) is 0 Å². The van der Waals surface area contributed by atoms with Crippen molar-refractivity contribution in [1.29, 1.82) is 0 Å². The lowest BCUT2D eigenvalue weighted by Crippen LogP contribution is -2.48. The van der Waals surface area contributed by atoms with Crippen LogP contribution in [0.1, 0.15) is 59.3 Å². The molecule has 0 saturated carbocycles. The maximum atomic E-state index is 12.5. The van der Waals surface area contributed by atoms with Crippen LogP contribution >= 0.6 is 0 Å². The number of likely N-dealkylation sites (tertiary alicyclic amines) is 1. The Morgan fingerprint density at radius 3 is 2.05 bits per heavy atom. The molecule has 2 aliphatic heterocycles. The van der Waals surface area contributed by atoms with Crippen LogP contribution in [-0.2, 0) is 4.74 Å². The first-order valence-electron chi connectivity index (χ1n) is 15.5. The Balaban J connectivity index is 0.000000180. The number of aromatic nitrogens is 4. The molecule has 4 heterocycles. The van der Waals surface area contributed by atoms with Gasteiger partial charge in [-0.15, -0.1) is 0 Å². The fourth-order valence-corrected chi connectivity index (χ4v) is 5.60. The number of ether oxygens (including phenoxy) is 1. The highest BCUT2D eigenvalue weighted by Gasteiger charge is 2.30. The molecule has 2 saturated heterocycles. The third kappa shape index (κ3) is 8.50. The van der Waals surface area contributed by atoms with Crippen molar-refractivity contribution < 1.29 is 9.53 Å². The van der Waals surface area contributed by atoms with Gasteiger partial charge in [-0.25, -0.2) is 24.7 Å². The Labute approximate surface area is 254 Å². The normalized spacial score (nSPS) is 18.9. The molecule has 0 aliphatic carbocycles. The standard InChI is InChI=1S/C19H26N4O2.C14H18N4/c1-19(2,3)25-18(24)23-11-7-6-8-14(23)12-20-17-15-9-4-5-10-16(15)21-13-22-17;1-2-7-13-12(6-1)14(18-10-17-13)16-9-11-5-3-4-8-15-11/h4-5,9-10,13-14H,6-8,11-12H2,1-3H3,(H,20,21,22);1-2,6-7,10-11,15H,3-5,8-9H2,(H,16,17,18)/t14-;11-/m00/s1. The number of fused-ring (bicyclic) bond motifs is 2. The van der Waals surface area contributed by atoms with Crippen molar-refractivity contribution in [2.45, 2.75) is 77.0 Å². The fourth-order valence-electron chi connectivity index (χ4n) is 5.60. The van der Waals surface area contributed by atoms with Crippen LogP contribution in [0.25, 0.3) is 21.8 Å². The summed E-state index contributed by atoms with van der Waals surface area (Å²) in [5.74, 6) is 1.74.